The van der Waals surface area contributed by atoms with E-state index in [-0.39, 0.29) is 5.91 Å². The van der Waals surface area contributed by atoms with Crippen molar-refractivity contribution in [2.24, 2.45) is 0 Å². The normalized spacial score (nSPS) is 10.5. The molecule has 23 heavy (non-hydrogen) atoms. The molecular weight excluding hydrogens is 354 g/mol. The van der Waals surface area contributed by atoms with Gasteiger partial charge in [0.25, 0.3) is 5.91 Å². The summed E-state index contributed by atoms with van der Waals surface area (Å²) in [7, 11) is 0. The number of amides is 1. The molecule has 5 heteroatoms. The molecular formula is C18H16BrN3O. The fourth-order valence-electron chi connectivity index (χ4n) is 2.30. The number of carbonyl (C=O) groups is 1. The van der Waals surface area contributed by atoms with Crippen LogP contribution in [-0.2, 0) is 6.54 Å². The molecule has 3 aromatic rings. The lowest BCUT2D eigenvalue weighted by Crippen LogP contribution is -2.12. The van der Waals surface area contributed by atoms with Gasteiger partial charge in [0, 0.05) is 22.3 Å². The first-order chi connectivity index (χ1) is 11.1. The molecule has 1 heterocycles. The number of rotatable bonds is 4. The minimum atomic E-state index is -0.168. The Morgan fingerprint density at radius 3 is 2.70 bits per heavy atom. The number of hydrogen-bond acceptors (Lipinski definition) is 2. The van der Waals surface area contributed by atoms with Gasteiger partial charge in [-0.15, -0.1) is 0 Å². The van der Waals surface area contributed by atoms with Gasteiger partial charge in [0.15, 0.2) is 5.82 Å². The molecule has 0 aliphatic carbocycles. The Labute approximate surface area is 143 Å². The quantitative estimate of drug-likeness (QED) is 0.746. The van der Waals surface area contributed by atoms with Crippen molar-refractivity contribution in [2.45, 2.75) is 13.5 Å². The highest BCUT2D eigenvalue weighted by molar-refractivity contribution is 9.10. The number of aromatic nitrogens is 2. The molecule has 0 fully saturated rings. The fourth-order valence-corrected chi connectivity index (χ4v) is 2.57. The van der Waals surface area contributed by atoms with E-state index in [2.05, 4.69) is 51.5 Å². The largest absolute Gasteiger partial charge is 0.305 e. The average molecular weight is 370 g/mol. The zero-order valence-electron chi connectivity index (χ0n) is 12.7. The zero-order valence-corrected chi connectivity index (χ0v) is 14.2. The van der Waals surface area contributed by atoms with Gasteiger partial charge in [0.05, 0.1) is 6.54 Å². The molecule has 0 spiro atoms. The highest BCUT2D eigenvalue weighted by atomic mass is 79.9. The number of aryl methyl sites for hydroxylation is 1. The fraction of sp³-hybridized carbons (Fsp3) is 0.111. The molecule has 0 aliphatic heterocycles. The van der Waals surface area contributed by atoms with Gasteiger partial charge in [-0.1, -0.05) is 45.8 Å². The molecule has 0 atom stereocenters. The van der Waals surface area contributed by atoms with Crippen molar-refractivity contribution in [1.29, 1.82) is 0 Å². The van der Waals surface area contributed by atoms with Gasteiger partial charge in [-0.05, 0) is 36.8 Å². The van der Waals surface area contributed by atoms with Crippen LogP contribution in [0.1, 0.15) is 21.5 Å². The summed E-state index contributed by atoms with van der Waals surface area (Å²) < 4.78 is 2.75. The van der Waals surface area contributed by atoms with Crippen LogP contribution in [0.25, 0.3) is 0 Å². The maximum Gasteiger partial charge on any atom is 0.256 e. The Hall–Kier alpha value is -2.40. The minimum Gasteiger partial charge on any atom is -0.305 e. The topological polar surface area (TPSA) is 46.9 Å². The molecule has 1 amide bonds. The number of nitrogens with one attached hydrogen (secondary N) is 1. The molecule has 0 saturated heterocycles. The third kappa shape index (κ3) is 4.07. The molecule has 0 saturated carbocycles. The zero-order chi connectivity index (χ0) is 16.2. The number of nitrogens with zero attached hydrogens (tertiary/aromatic N) is 2. The van der Waals surface area contributed by atoms with Gasteiger partial charge >= 0.3 is 0 Å². The van der Waals surface area contributed by atoms with E-state index in [9.17, 15) is 4.79 Å². The second-order valence-electron chi connectivity index (χ2n) is 5.35. The van der Waals surface area contributed by atoms with Crippen LogP contribution in [0, 0.1) is 6.92 Å². The lowest BCUT2D eigenvalue weighted by molar-refractivity contribution is 0.102. The minimum absolute atomic E-state index is 0.168. The number of halogens is 1. The average Bonchev–Trinajstić information content (AvgIpc) is 2.95. The van der Waals surface area contributed by atoms with E-state index in [0.717, 1.165) is 4.47 Å². The first-order valence-corrected chi connectivity index (χ1v) is 8.05. The number of hydrogen-bond donors (Lipinski definition) is 1. The van der Waals surface area contributed by atoms with E-state index >= 15 is 0 Å². The molecule has 116 valence electrons. The van der Waals surface area contributed by atoms with Gasteiger partial charge < -0.3 is 5.32 Å². The maximum atomic E-state index is 12.2. The summed E-state index contributed by atoms with van der Waals surface area (Å²) in [6.45, 7) is 2.74. The first-order valence-electron chi connectivity index (χ1n) is 7.26. The number of anilines is 1. The van der Waals surface area contributed by atoms with Gasteiger partial charge in [-0.3, -0.25) is 9.48 Å². The van der Waals surface area contributed by atoms with Crippen LogP contribution in [-0.4, -0.2) is 15.7 Å². The smallest absolute Gasteiger partial charge is 0.256 e. The Morgan fingerprint density at radius 2 is 1.96 bits per heavy atom. The summed E-state index contributed by atoms with van der Waals surface area (Å²) >= 11 is 3.35. The summed E-state index contributed by atoms with van der Waals surface area (Å²) in [4.78, 5) is 12.2. The molecule has 0 bridgehead atoms. The van der Waals surface area contributed by atoms with Crippen molar-refractivity contribution >= 4 is 27.7 Å². The molecule has 1 aromatic heterocycles. The predicted octanol–water partition coefficient (Wildman–Crippen LogP) is 4.25. The Bertz CT molecular complexity index is 824. The summed E-state index contributed by atoms with van der Waals surface area (Å²) in [6, 6.07) is 17.3. The molecule has 1 N–H and O–H groups in total. The van der Waals surface area contributed by atoms with Crippen molar-refractivity contribution in [1.82, 2.24) is 9.78 Å². The van der Waals surface area contributed by atoms with Crippen molar-refractivity contribution in [3.05, 3.63) is 82.0 Å². The third-order valence-electron chi connectivity index (χ3n) is 3.42. The van der Waals surface area contributed by atoms with E-state index in [1.807, 2.05) is 29.1 Å². The predicted molar refractivity (Wildman–Crippen MR) is 94.6 cm³/mol. The summed E-state index contributed by atoms with van der Waals surface area (Å²) in [5, 5.41) is 7.20. The first kappa shape index (κ1) is 15.5. The van der Waals surface area contributed by atoms with Crippen LogP contribution in [0.3, 0.4) is 0 Å². The maximum absolute atomic E-state index is 12.2. The van der Waals surface area contributed by atoms with E-state index in [0.29, 0.717) is 17.9 Å². The summed E-state index contributed by atoms with van der Waals surface area (Å²) in [5.74, 6) is 0.379. The lowest BCUT2D eigenvalue weighted by atomic mass is 10.1. The van der Waals surface area contributed by atoms with Gasteiger partial charge in [-0.2, -0.15) is 5.10 Å². The van der Waals surface area contributed by atoms with Crippen molar-refractivity contribution < 1.29 is 4.79 Å². The molecule has 4 nitrogen and oxygen atoms in total. The van der Waals surface area contributed by atoms with Crippen LogP contribution in [0.15, 0.2) is 65.3 Å². The lowest BCUT2D eigenvalue weighted by Gasteiger charge is -2.04. The van der Waals surface area contributed by atoms with Crippen LogP contribution < -0.4 is 5.32 Å². The summed E-state index contributed by atoms with van der Waals surface area (Å²) in [5.41, 5.74) is 3.00. The van der Waals surface area contributed by atoms with Crippen LogP contribution in [0.4, 0.5) is 5.82 Å². The van der Waals surface area contributed by atoms with E-state index < -0.39 is 0 Å². The molecule has 2 aromatic carbocycles. The highest BCUT2D eigenvalue weighted by Gasteiger charge is 2.08. The Morgan fingerprint density at radius 1 is 1.17 bits per heavy atom. The number of carbonyl (C=O) groups excluding carboxylic acids is 1. The van der Waals surface area contributed by atoms with E-state index in [1.165, 1.54) is 11.1 Å². The van der Waals surface area contributed by atoms with Crippen LogP contribution >= 0.6 is 15.9 Å². The van der Waals surface area contributed by atoms with Gasteiger partial charge in [-0.25, -0.2) is 0 Å². The SMILES string of the molecule is Cc1cccc(Cn2ccc(NC(=O)c3ccc(Br)cc3)n2)c1. The van der Waals surface area contributed by atoms with Crippen molar-refractivity contribution in [2.75, 3.05) is 5.32 Å². The van der Waals surface area contributed by atoms with Gasteiger partial charge in [0.1, 0.15) is 0 Å². The van der Waals surface area contributed by atoms with Crippen LogP contribution in [0.5, 0.6) is 0 Å². The Balaban J connectivity index is 1.67. The standard InChI is InChI=1S/C18H16BrN3O/c1-13-3-2-4-14(11-13)12-22-10-9-17(21-22)20-18(23)15-5-7-16(19)8-6-15/h2-11H,12H2,1H3,(H,20,21,23). The molecule has 0 aliphatic rings. The highest BCUT2D eigenvalue weighted by Crippen LogP contribution is 2.13. The van der Waals surface area contributed by atoms with E-state index in [4.69, 9.17) is 0 Å². The molecule has 3 rings (SSSR count). The molecule has 0 unspecified atom stereocenters. The van der Waals surface area contributed by atoms with Gasteiger partial charge in [0.2, 0.25) is 0 Å². The Kier molecular flexibility index (Phi) is 4.57. The second kappa shape index (κ2) is 6.79. The van der Waals surface area contributed by atoms with Crippen molar-refractivity contribution in [3.63, 3.8) is 0 Å². The van der Waals surface area contributed by atoms with Crippen molar-refractivity contribution in [3.8, 4) is 0 Å². The third-order valence-corrected chi connectivity index (χ3v) is 3.94. The number of benzene rings is 2. The molecule has 0 radical (unpaired) electrons. The van der Waals surface area contributed by atoms with Crippen LogP contribution in [0.2, 0.25) is 0 Å². The summed E-state index contributed by atoms with van der Waals surface area (Å²) in [6.07, 6.45) is 1.86. The van der Waals surface area contributed by atoms with E-state index in [1.54, 1.807) is 18.2 Å². The monoisotopic (exact) mass is 369 g/mol. The second-order valence-corrected chi connectivity index (χ2v) is 6.26.